The lowest BCUT2D eigenvalue weighted by Crippen LogP contribution is -2.36. The molecule has 1 aliphatic carbocycles. The number of hydrogen-bond acceptors (Lipinski definition) is 6. The van der Waals surface area contributed by atoms with E-state index in [4.69, 9.17) is 20.9 Å². The highest BCUT2D eigenvalue weighted by molar-refractivity contribution is 5.65. The highest BCUT2D eigenvalue weighted by atomic mass is 16.5. The molecule has 1 aliphatic rings. The molecule has 0 saturated carbocycles. The van der Waals surface area contributed by atoms with E-state index in [1.807, 2.05) is 49.0 Å². The van der Waals surface area contributed by atoms with Crippen molar-refractivity contribution in [1.82, 2.24) is 14.5 Å². The van der Waals surface area contributed by atoms with Crippen molar-refractivity contribution in [2.24, 2.45) is 0 Å². The van der Waals surface area contributed by atoms with Gasteiger partial charge in [-0.3, -0.25) is 0 Å². The molecule has 4 N–H and O–H groups in total. The zero-order valence-electron chi connectivity index (χ0n) is 15.2. The SMILES string of the molecule is CCOC1=CC(Cc2cnc(N)nc2N)(OCC)CC=C1n1cccc1. The Bertz CT molecular complexity index is 813. The Labute approximate surface area is 153 Å². The number of allylic oxidation sites excluding steroid dienone is 1. The van der Waals surface area contributed by atoms with Crippen LogP contribution in [0.25, 0.3) is 5.70 Å². The maximum atomic E-state index is 6.15. The maximum Gasteiger partial charge on any atom is 0.221 e. The standard InChI is InChI=1S/C19H25N5O2/c1-3-25-16-12-19(26-4-2,8-7-15(16)24-9-5-6-10-24)11-14-13-22-18(21)23-17(14)20/h5-7,9-10,12-13H,3-4,8,11H2,1-2H3,(H4,20,21,22,23). The van der Waals surface area contributed by atoms with Gasteiger partial charge < -0.3 is 25.5 Å². The summed E-state index contributed by atoms with van der Waals surface area (Å²) in [6.45, 7) is 5.08. The number of rotatable bonds is 7. The summed E-state index contributed by atoms with van der Waals surface area (Å²) in [4.78, 5) is 8.13. The maximum absolute atomic E-state index is 6.15. The summed E-state index contributed by atoms with van der Waals surface area (Å²) in [5.41, 5.74) is 12.9. The molecular formula is C19H25N5O2. The van der Waals surface area contributed by atoms with Crippen LogP contribution in [-0.4, -0.2) is 33.3 Å². The number of hydrogen-bond donors (Lipinski definition) is 2. The Hall–Kier alpha value is -2.80. The Morgan fingerprint density at radius 1 is 1.19 bits per heavy atom. The largest absolute Gasteiger partial charge is 0.492 e. The first-order valence-corrected chi connectivity index (χ1v) is 8.77. The number of nitrogens with two attached hydrogens (primary N) is 2. The summed E-state index contributed by atoms with van der Waals surface area (Å²) >= 11 is 0. The van der Waals surface area contributed by atoms with Crippen LogP contribution in [0.15, 0.2) is 48.6 Å². The van der Waals surface area contributed by atoms with Crippen molar-refractivity contribution in [2.45, 2.75) is 32.3 Å². The number of nitrogens with zero attached hydrogens (tertiary/aromatic N) is 3. The molecule has 0 spiro atoms. The lowest BCUT2D eigenvalue weighted by Gasteiger charge is -2.34. The Morgan fingerprint density at radius 2 is 1.96 bits per heavy atom. The van der Waals surface area contributed by atoms with E-state index in [1.54, 1.807) is 6.20 Å². The molecule has 1 atom stereocenters. The van der Waals surface area contributed by atoms with Gasteiger partial charge in [-0.15, -0.1) is 0 Å². The van der Waals surface area contributed by atoms with Crippen LogP contribution in [0.4, 0.5) is 11.8 Å². The fourth-order valence-electron chi connectivity index (χ4n) is 3.20. The molecule has 1 unspecified atom stereocenters. The van der Waals surface area contributed by atoms with Crippen molar-refractivity contribution in [3.8, 4) is 0 Å². The van der Waals surface area contributed by atoms with Gasteiger partial charge in [0.25, 0.3) is 0 Å². The topological polar surface area (TPSA) is 101 Å². The molecule has 0 bridgehead atoms. The number of nitrogen functional groups attached to an aromatic ring is 2. The summed E-state index contributed by atoms with van der Waals surface area (Å²) < 4.78 is 14.1. The Kier molecular flexibility index (Phi) is 5.27. The molecule has 7 heteroatoms. The van der Waals surface area contributed by atoms with Crippen molar-refractivity contribution in [3.05, 3.63) is 54.2 Å². The number of ether oxygens (including phenoxy) is 2. The highest BCUT2D eigenvalue weighted by Crippen LogP contribution is 2.35. The van der Waals surface area contributed by atoms with Gasteiger partial charge in [0.05, 0.1) is 17.9 Å². The first kappa shape index (κ1) is 18.0. The van der Waals surface area contributed by atoms with E-state index < -0.39 is 5.60 Å². The van der Waals surface area contributed by atoms with Crippen LogP contribution < -0.4 is 11.5 Å². The lowest BCUT2D eigenvalue weighted by atomic mass is 9.86. The van der Waals surface area contributed by atoms with Crippen molar-refractivity contribution in [1.29, 1.82) is 0 Å². The summed E-state index contributed by atoms with van der Waals surface area (Å²) in [6.07, 6.45) is 11.1. The first-order valence-electron chi connectivity index (χ1n) is 8.77. The third-order valence-corrected chi connectivity index (χ3v) is 4.31. The minimum Gasteiger partial charge on any atom is -0.492 e. The summed E-state index contributed by atoms with van der Waals surface area (Å²) in [7, 11) is 0. The van der Waals surface area contributed by atoms with Gasteiger partial charge in [-0.1, -0.05) is 6.08 Å². The van der Waals surface area contributed by atoms with Crippen molar-refractivity contribution < 1.29 is 9.47 Å². The summed E-state index contributed by atoms with van der Waals surface area (Å²) in [5.74, 6) is 1.34. The van der Waals surface area contributed by atoms with Crippen LogP contribution in [0.5, 0.6) is 0 Å². The average Bonchev–Trinajstić information content (AvgIpc) is 3.13. The van der Waals surface area contributed by atoms with Gasteiger partial charge in [-0.25, -0.2) is 4.98 Å². The second-order valence-electron chi connectivity index (χ2n) is 6.14. The van der Waals surface area contributed by atoms with Crippen LogP contribution >= 0.6 is 0 Å². The minimum atomic E-state index is -0.566. The van der Waals surface area contributed by atoms with Gasteiger partial charge >= 0.3 is 0 Å². The van der Waals surface area contributed by atoms with E-state index in [2.05, 4.69) is 16.0 Å². The van der Waals surface area contributed by atoms with E-state index in [-0.39, 0.29) is 5.95 Å². The molecule has 0 saturated heterocycles. The summed E-state index contributed by atoms with van der Waals surface area (Å²) in [6, 6.07) is 3.97. The zero-order valence-corrected chi connectivity index (χ0v) is 15.2. The first-order chi connectivity index (χ1) is 12.6. The van der Waals surface area contributed by atoms with E-state index in [0.29, 0.717) is 31.9 Å². The second-order valence-corrected chi connectivity index (χ2v) is 6.14. The van der Waals surface area contributed by atoms with Crippen molar-refractivity contribution >= 4 is 17.5 Å². The zero-order chi connectivity index (χ0) is 18.6. The third-order valence-electron chi connectivity index (χ3n) is 4.31. The molecule has 3 rings (SSSR count). The molecule has 0 radical (unpaired) electrons. The van der Waals surface area contributed by atoms with E-state index >= 15 is 0 Å². The fourth-order valence-corrected chi connectivity index (χ4v) is 3.20. The molecule has 2 heterocycles. The smallest absolute Gasteiger partial charge is 0.221 e. The van der Waals surface area contributed by atoms with Crippen LogP contribution in [-0.2, 0) is 15.9 Å². The molecule has 2 aromatic heterocycles. The molecule has 0 aliphatic heterocycles. The monoisotopic (exact) mass is 355 g/mol. The van der Waals surface area contributed by atoms with Gasteiger partial charge in [-0.2, -0.15) is 4.98 Å². The average molecular weight is 355 g/mol. The van der Waals surface area contributed by atoms with Crippen molar-refractivity contribution in [2.75, 3.05) is 24.7 Å². The van der Waals surface area contributed by atoms with Gasteiger partial charge in [0.15, 0.2) is 0 Å². The Balaban J connectivity index is 1.96. The summed E-state index contributed by atoms with van der Waals surface area (Å²) in [5, 5.41) is 0. The van der Waals surface area contributed by atoms with Crippen LogP contribution in [0.2, 0.25) is 0 Å². The van der Waals surface area contributed by atoms with E-state index in [9.17, 15) is 0 Å². The normalized spacial score (nSPS) is 19.8. The molecule has 0 fully saturated rings. The number of aromatic nitrogens is 3. The highest BCUT2D eigenvalue weighted by Gasteiger charge is 2.34. The number of anilines is 2. The predicted octanol–water partition coefficient (Wildman–Crippen LogP) is 2.63. The Morgan fingerprint density at radius 3 is 2.62 bits per heavy atom. The molecular weight excluding hydrogens is 330 g/mol. The van der Waals surface area contributed by atoms with Crippen LogP contribution in [0.3, 0.4) is 0 Å². The molecule has 2 aromatic rings. The van der Waals surface area contributed by atoms with Gasteiger partial charge in [0, 0.05) is 43.6 Å². The van der Waals surface area contributed by atoms with Crippen LogP contribution in [0.1, 0.15) is 25.8 Å². The van der Waals surface area contributed by atoms with Crippen molar-refractivity contribution in [3.63, 3.8) is 0 Å². The molecule has 0 amide bonds. The van der Waals surface area contributed by atoms with E-state index in [1.165, 1.54) is 0 Å². The molecule has 0 aromatic carbocycles. The van der Waals surface area contributed by atoms with E-state index in [0.717, 1.165) is 17.0 Å². The minimum absolute atomic E-state index is 0.167. The molecule has 138 valence electrons. The molecule has 7 nitrogen and oxygen atoms in total. The predicted molar refractivity (Wildman–Crippen MR) is 102 cm³/mol. The second kappa shape index (κ2) is 7.61. The quantitative estimate of drug-likeness (QED) is 0.792. The van der Waals surface area contributed by atoms with Gasteiger partial charge in [-0.05, 0) is 32.1 Å². The third kappa shape index (κ3) is 3.72. The lowest BCUT2D eigenvalue weighted by molar-refractivity contribution is -0.00252. The molecule has 26 heavy (non-hydrogen) atoms. The van der Waals surface area contributed by atoms with Gasteiger partial charge in [0.1, 0.15) is 11.6 Å². The van der Waals surface area contributed by atoms with Crippen LogP contribution in [0, 0.1) is 0 Å². The van der Waals surface area contributed by atoms with Gasteiger partial charge in [0.2, 0.25) is 5.95 Å². The fraction of sp³-hybridized carbons (Fsp3) is 0.368.